The van der Waals surface area contributed by atoms with Crippen LogP contribution in [0.3, 0.4) is 0 Å². The average molecular weight is 170 g/mol. The standard InChI is InChI=1S/C6H6O.2C2H6.CH4/c7-6-4-2-1-3-5-6;2*1-2;/h1-5,7H;2*1-2H3;1H4. The van der Waals surface area contributed by atoms with Gasteiger partial charge in [0.15, 0.2) is 0 Å². The quantitative estimate of drug-likeness (QED) is 0.622. The summed E-state index contributed by atoms with van der Waals surface area (Å²) in [7, 11) is 0. The number of para-hydroxylation sites is 1. The van der Waals surface area contributed by atoms with Crippen LogP contribution in [0.25, 0.3) is 0 Å². The molecule has 0 radical (unpaired) electrons. The van der Waals surface area contributed by atoms with Crippen LogP contribution in [0.5, 0.6) is 5.75 Å². The summed E-state index contributed by atoms with van der Waals surface area (Å²) in [5, 5.41) is 8.63. The Morgan fingerprint density at radius 3 is 1.33 bits per heavy atom. The highest BCUT2D eigenvalue weighted by atomic mass is 16.3. The molecule has 1 rings (SSSR count). The van der Waals surface area contributed by atoms with Crippen LogP contribution >= 0.6 is 0 Å². The second-order valence-corrected chi connectivity index (χ2v) is 1.34. The largest absolute Gasteiger partial charge is 0.508 e. The van der Waals surface area contributed by atoms with Gasteiger partial charge in [-0.3, -0.25) is 0 Å². The predicted octanol–water partition coefficient (Wildman–Crippen LogP) is 4.08. The van der Waals surface area contributed by atoms with Gasteiger partial charge in [-0.15, -0.1) is 0 Å². The van der Waals surface area contributed by atoms with Crippen LogP contribution in [0, 0.1) is 0 Å². The zero-order valence-electron chi connectivity index (χ0n) is 7.83. The molecule has 1 heteroatoms. The smallest absolute Gasteiger partial charge is 0.115 e. The maximum atomic E-state index is 8.63. The molecule has 0 saturated carbocycles. The molecule has 1 aromatic rings. The predicted molar refractivity (Wildman–Crippen MR) is 57.5 cm³/mol. The maximum absolute atomic E-state index is 8.63. The molecule has 1 aromatic carbocycles. The van der Waals surface area contributed by atoms with Crippen molar-refractivity contribution in [2.24, 2.45) is 0 Å². The van der Waals surface area contributed by atoms with E-state index in [0.717, 1.165) is 0 Å². The van der Waals surface area contributed by atoms with Crippen molar-refractivity contribution in [3.05, 3.63) is 30.3 Å². The van der Waals surface area contributed by atoms with Gasteiger partial charge in [0.05, 0.1) is 0 Å². The van der Waals surface area contributed by atoms with Crippen LogP contribution in [0.2, 0.25) is 0 Å². The summed E-state index contributed by atoms with van der Waals surface area (Å²) < 4.78 is 0. The first-order valence-corrected chi connectivity index (χ1v) is 4.13. The van der Waals surface area contributed by atoms with Crippen LogP contribution in [0.15, 0.2) is 30.3 Å². The van der Waals surface area contributed by atoms with Crippen molar-refractivity contribution < 1.29 is 5.11 Å². The summed E-state index contributed by atoms with van der Waals surface area (Å²) >= 11 is 0. The van der Waals surface area contributed by atoms with Crippen molar-refractivity contribution in [3.63, 3.8) is 0 Å². The molecule has 0 aliphatic carbocycles. The minimum atomic E-state index is 0. The molecule has 0 aliphatic heterocycles. The van der Waals surface area contributed by atoms with E-state index < -0.39 is 0 Å². The minimum absolute atomic E-state index is 0. The van der Waals surface area contributed by atoms with Crippen LogP contribution in [0.4, 0.5) is 0 Å². The maximum Gasteiger partial charge on any atom is 0.115 e. The van der Waals surface area contributed by atoms with Gasteiger partial charge < -0.3 is 5.11 Å². The van der Waals surface area contributed by atoms with Crippen molar-refractivity contribution in [1.82, 2.24) is 0 Å². The Bertz CT molecular complexity index is 135. The number of phenols is 1. The molecule has 0 bridgehead atoms. The summed E-state index contributed by atoms with van der Waals surface area (Å²) in [5.74, 6) is 0.322. The number of rotatable bonds is 0. The van der Waals surface area contributed by atoms with Crippen molar-refractivity contribution in [3.8, 4) is 5.75 Å². The molecular formula is C11H22O. The van der Waals surface area contributed by atoms with Gasteiger partial charge >= 0.3 is 0 Å². The Labute approximate surface area is 77.1 Å². The average Bonchev–Trinajstić information content (AvgIpc) is 2.13. The first kappa shape index (κ1) is 17.2. The molecule has 0 unspecified atom stereocenters. The van der Waals surface area contributed by atoms with Crippen molar-refractivity contribution >= 4 is 0 Å². The van der Waals surface area contributed by atoms with Crippen molar-refractivity contribution in [2.45, 2.75) is 35.1 Å². The van der Waals surface area contributed by atoms with Gasteiger partial charge in [-0.1, -0.05) is 53.3 Å². The molecule has 1 nitrogen and oxygen atoms in total. The lowest BCUT2D eigenvalue weighted by molar-refractivity contribution is 0.475. The molecule has 1 N–H and O–H groups in total. The SMILES string of the molecule is C.CC.CC.Oc1ccccc1. The van der Waals surface area contributed by atoms with E-state index in [9.17, 15) is 0 Å². The molecular weight excluding hydrogens is 148 g/mol. The van der Waals surface area contributed by atoms with Gasteiger partial charge in [0.25, 0.3) is 0 Å². The fourth-order valence-electron chi connectivity index (χ4n) is 0.428. The van der Waals surface area contributed by atoms with E-state index in [2.05, 4.69) is 0 Å². The first-order valence-electron chi connectivity index (χ1n) is 4.13. The van der Waals surface area contributed by atoms with E-state index in [0.29, 0.717) is 5.75 Å². The van der Waals surface area contributed by atoms with Crippen LogP contribution in [-0.2, 0) is 0 Å². The van der Waals surface area contributed by atoms with Gasteiger partial charge in [-0.25, -0.2) is 0 Å². The normalized spacial score (nSPS) is 6.00. The molecule has 0 spiro atoms. The van der Waals surface area contributed by atoms with E-state index in [1.54, 1.807) is 24.3 Å². The lowest BCUT2D eigenvalue weighted by Crippen LogP contribution is -1.56. The minimum Gasteiger partial charge on any atom is -0.508 e. The van der Waals surface area contributed by atoms with E-state index in [1.165, 1.54) is 0 Å². The Morgan fingerprint density at radius 1 is 0.833 bits per heavy atom. The van der Waals surface area contributed by atoms with E-state index >= 15 is 0 Å². The molecule has 0 aromatic heterocycles. The Hall–Kier alpha value is -0.980. The van der Waals surface area contributed by atoms with Crippen LogP contribution in [0.1, 0.15) is 35.1 Å². The highest BCUT2D eigenvalue weighted by Crippen LogP contribution is 2.02. The number of hydrogen-bond acceptors (Lipinski definition) is 1. The van der Waals surface area contributed by atoms with E-state index in [-0.39, 0.29) is 7.43 Å². The van der Waals surface area contributed by atoms with Gasteiger partial charge in [0, 0.05) is 0 Å². The second kappa shape index (κ2) is 16.5. The number of benzene rings is 1. The zero-order chi connectivity index (χ0) is 9.11. The molecule has 12 heavy (non-hydrogen) atoms. The zero-order valence-corrected chi connectivity index (χ0v) is 7.83. The third kappa shape index (κ3) is 11.8. The van der Waals surface area contributed by atoms with Gasteiger partial charge in [0.1, 0.15) is 5.75 Å². The lowest BCUT2D eigenvalue weighted by atomic mass is 10.3. The Balaban J connectivity index is -0.000000144. The topological polar surface area (TPSA) is 20.2 Å². The third-order valence-electron chi connectivity index (χ3n) is 0.756. The summed E-state index contributed by atoms with van der Waals surface area (Å²) in [6.07, 6.45) is 0. The fourth-order valence-corrected chi connectivity index (χ4v) is 0.428. The molecule has 0 amide bonds. The summed E-state index contributed by atoms with van der Waals surface area (Å²) in [5.41, 5.74) is 0. The number of hydrogen-bond donors (Lipinski definition) is 1. The van der Waals surface area contributed by atoms with Crippen molar-refractivity contribution in [1.29, 1.82) is 0 Å². The summed E-state index contributed by atoms with van der Waals surface area (Å²) in [4.78, 5) is 0. The van der Waals surface area contributed by atoms with Crippen LogP contribution in [-0.4, -0.2) is 5.11 Å². The third-order valence-corrected chi connectivity index (χ3v) is 0.756. The van der Waals surface area contributed by atoms with E-state index in [1.807, 2.05) is 33.8 Å². The first-order chi connectivity index (χ1) is 5.39. The summed E-state index contributed by atoms with van der Waals surface area (Å²) in [6.45, 7) is 8.00. The fraction of sp³-hybridized carbons (Fsp3) is 0.455. The highest BCUT2D eigenvalue weighted by molar-refractivity contribution is 5.18. The van der Waals surface area contributed by atoms with Gasteiger partial charge in [-0.05, 0) is 12.1 Å². The molecule has 0 heterocycles. The van der Waals surface area contributed by atoms with E-state index in [4.69, 9.17) is 5.11 Å². The number of phenolic OH excluding ortho intramolecular Hbond substituents is 1. The van der Waals surface area contributed by atoms with Crippen molar-refractivity contribution in [2.75, 3.05) is 0 Å². The molecule has 0 atom stereocenters. The molecule has 0 aliphatic rings. The monoisotopic (exact) mass is 170 g/mol. The highest BCUT2D eigenvalue weighted by Gasteiger charge is 1.74. The molecule has 0 saturated heterocycles. The molecule has 72 valence electrons. The second-order valence-electron chi connectivity index (χ2n) is 1.34. The van der Waals surface area contributed by atoms with Gasteiger partial charge in [0.2, 0.25) is 0 Å². The van der Waals surface area contributed by atoms with Gasteiger partial charge in [-0.2, -0.15) is 0 Å². The molecule has 0 fully saturated rings. The Morgan fingerprint density at radius 2 is 1.17 bits per heavy atom. The lowest BCUT2D eigenvalue weighted by Gasteiger charge is -1.82. The van der Waals surface area contributed by atoms with Crippen LogP contribution < -0.4 is 0 Å². The summed E-state index contributed by atoms with van der Waals surface area (Å²) in [6, 6.07) is 8.71. The Kier molecular flexibility index (Phi) is 23.7. The number of aromatic hydroxyl groups is 1.